The third-order valence-electron chi connectivity index (χ3n) is 1.31. The maximum absolute atomic E-state index is 5.66. The first-order valence-corrected chi connectivity index (χ1v) is 3.40. The number of hydrogen-bond acceptors (Lipinski definition) is 4. The lowest BCUT2D eigenvalue weighted by Crippen LogP contribution is -1.85. The molecule has 5 heteroatoms. The molecule has 2 aromatic heterocycles. The van der Waals surface area contributed by atoms with Gasteiger partial charge in [0.05, 0.1) is 0 Å². The smallest absolute Gasteiger partial charge is 0.198 e. The van der Waals surface area contributed by atoms with E-state index in [-0.39, 0.29) is 5.15 Å². The summed E-state index contributed by atoms with van der Waals surface area (Å²) in [6, 6.07) is 1.76. The fourth-order valence-electron chi connectivity index (χ4n) is 0.878. The van der Waals surface area contributed by atoms with E-state index in [1.54, 1.807) is 6.07 Å². The standard InChI is InChI=1S/C6H4ClN3O/c1-3-2-4-5(11-3)6(7)9-10-8-4/h2H,1H3. The number of fused-ring (bicyclic) bond motifs is 1. The Morgan fingerprint density at radius 1 is 1.45 bits per heavy atom. The molecule has 4 nitrogen and oxygen atoms in total. The number of aryl methyl sites for hydroxylation is 1. The zero-order valence-corrected chi connectivity index (χ0v) is 6.46. The minimum atomic E-state index is 0.253. The molecule has 0 bridgehead atoms. The lowest BCUT2D eigenvalue weighted by Gasteiger charge is -1.85. The van der Waals surface area contributed by atoms with Crippen molar-refractivity contribution in [3.63, 3.8) is 0 Å². The Morgan fingerprint density at radius 2 is 2.27 bits per heavy atom. The second-order valence-electron chi connectivity index (χ2n) is 2.15. The molecule has 0 radical (unpaired) electrons. The van der Waals surface area contributed by atoms with Gasteiger partial charge in [-0.15, -0.1) is 10.2 Å². The lowest BCUT2D eigenvalue weighted by molar-refractivity contribution is 0.575. The molecule has 0 amide bonds. The van der Waals surface area contributed by atoms with Gasteiger partial charge in [-0.2, -0.15) is 0 Å². The highest BCUT2D eigenvalue weighted by Crippen LogP contribution is 2.20. The van der Waals surface area contributed by atoms with Gasteiger partial charge in [-0.3, -0.25) is 0 Å². The van der Waals surface area contributed by atoms with E-state index in [0.29, 0.717) is 11.1 Å². The molecule has 11 heavy (non-hydrogen) atoms. The molecular formula is C6H4ClN3O. The zero-order chi connectivity index (χ0) is 7.84. The van der Waals surface area contributed by atoms with Crippen molar-refractivity contribution in [1.29, 1.82) is 0 Å². The van der Waals surface area contributed by atoms with Gasteiger partial charge in [0.2, 0.25) is 0 Å². The fraction of sp³-hybridized carbons (Fsp3) is 0.167. The quantitative estimate of drug-likeness (QED) is 0.601. The molecule has 0 spiro atoms. The van der Waals surface area contributed by atoms with Crippen LogP contribution in [0.5, 0.6) is 0 Å². The minimum Gasteiger partial charge on any atom is -0.456 e. The van der Waals surface area contributed by atoms with Crippen molar-refractivity contribution in [3.05, 3.63) is 17.0 Å². The van der Waals surface area contributed by atoms with Crippen molar-refractivity contribution in [2.75, 3.05) is 0 Å². The van der Waals surface area contributed by atoms with Gasteiger partial charge in [0.1, 0.15) is 11.3 Å². The van der Waals surface area contributed by atoms with Gasteiger partial charge >= 0.3 is 0 Å². The first-order chi connectivity index (χ1) is 5.27. The number of nitrogens with zero attached hydrogens (tertiary/aromatic N) is 3. The molecule has 2 aromatic rings. The predicted octanol–water partition coefficient (Wildman–Crippen LogP) is 1.58. The molecule has 0 atom stereocenters. The Morgan fingerprint density at radius 3 is 3.00 bits per heavy atom. The first-order valence-electron chi connectivity index (χ1n) is 3.02. The Labute approximate surface area is 67.2 Å². The van der Waals surface area contributed by atoms with E-state index < -0.39 is 0 Å². The van der Waals surface area contributed by atoms with Crippen LogP contribution in [0.4, 0.5) is 0 Å². The molecule has 0 N–H and O–H groups in total. The summed E-state index contributed by atoms with van der Waals surface area (Å²) in [5.41, 5.74) is 1.14. The second kappa shape index (κ2) is 2.17. The third kappa shape index (κ3) is 0.952. The van der Waals surface area contributed by atoms with Crippen molar-refractivity contribution in [2.24, 2.45) is 0 Å². The molecule has 0 aliphatic rings. The van der Waals surface area contributed by atoms with Gasteiger partial charge in [0.25, 0.3) is 0 Å². The first kappa shape index (κ1) is 6.54. The van der Waals surface area contributed by atoms with Crippen molar-refractivity contribution in [2.45, 2.75) is 6.92 Å². The fourth-order valence-corrected chi connectivity index (χ4v) is 1.05. The number of halogens is 1. The van der Waals surface area contributed by atoms with Crippen molar-refractivity contribution in [1.82, 2.24) is 15.4 Å². The topological polar surface area (TPSA) is 51.8 Å². The van der Waals surface area contributed by atoms with Crippen LogP contribution < -0.4 is 0 Å². The molecule has 0 aromatic carbocycles. The molecule has 0 aliphatic carbocycles. The van der Waals surface area contributed by atoms with Crippen LogP contribution in [0, 0.1) is 6.92 Å². The number of aromatic nitrogens is 3. The Hall–Kier alpha value is -1.16. The van der Waals surface area contributed by atoms with E-state index >= 15 is 0 Å². The summed E-state index contributed by atoms with van der Waals surface area (Å²) >= 11 is 5.66. The van der Waals surface area contributed by atoms with Gasteiger partial charge in [0.15, 0.2) is 10.7 Å². The number of rotatable bonds is 0. The highest BCUT2D eigenvalue weighted by Gasteiger charge is 2.06. The van der Waals surface area contributed by atoms with Crippen molar-refractivity contribution < 1.29 is 4.42 Å². The maximum Gasteiger partial charge on any atom is 0.198 e. The van der Waals surface area contributed by atoms with Crippen LogP contribution in [-0.2, 0) is 0 Å². The molecular weight excluding hydrogens is 166 g/mol. The normalized spacial score (nSPS) is 10.7. The number of furan rings is 1. The number of hydrogen-bond donors (Lipinski definition) is 0. The summed E-state index contributed by atoms with van der Waals surface area (Å²) in [5.74, 6) is 0.754. The third-order valence-corrected chi connectivity index (χ3v) is 1.56. The Kier molecular flexibility index (Phi) is 1.29. The molecule has 0 saturated heterocycles. The SMILES string of the molecule is Cc1cc2nnnc(Cl)c2o1. The molecule has 2 rings (SSSR count). The summed E-state index contributed by atoms with van der Waals surface area (Å²) in [7, 11) is 0. The minimum absolute atomic E-state index is 0.253. The van der Waals surface area contributed by atoms with Crippen LogP contribution in [-0.4, -0.2) is 15.4 Å². The molecule has 0 saturated carbocycles. The zero-order valence-electron chi connectivity index (χ0n) is 5.71. The Bertz CT molecular complexity index is 398. The summed E-state index contributed by atoms with van der Waals surface area (Å²) in [6.45, 7) is 1.82. The second-order valence-corrected chi connectivity index (χ2v) is 2.51. The van der Waals surface area contributed by atoms with Gasteiger partial charge in [-0.1, -0.05) is 11.6 Å². The van der Waals surface area contributed by atoms with E-state index in [0.717, 1.165) is 5.76 Å². The molecule has 0 fully saturated rings. The summed E-state index contributed by atoms with van der Waals surface area (Å²) < 4.78 is 5.20. The molecule has 0 aliphatic heterocycles. The largest absolute Gasteiger partial charge is 0.456 e. The van der Waals surface area contributed by atoms with Gasteiger partial charge in [0, 0.05) is 6.07 Å². The highest BCUT2D eigenvalue weighted by atomic mass is 35.5. The average molecular weight is 170 g/mol. The van der Waals surface area contributed by atoms with Gasteiger partial charge < -0.3 is 4.42 Å². The van der Waals surface area contributed by atoms with Crippen LogP contribution >= 0.6 is 11.6 Å². The Balaban J connectivity index is 2.90. The summed E-state index contributed by atoms with van der Waals surface area (Å²) in [4.78, 5) is 0. The van der Waals surface area contributed by atoms with Crippen LogP contribution in [0.3, 0.4) is 0 Å². The van der Waals surface area contributed by atoms with Crippen LogP contribution in [0.2, 0.25) is 5.15 Å². The lowest BCUT2D eigenvalue weighted by atomic mass is 10.4. The van der Waals surface area contributed by atoms with Crippen molar-refractivity contribution >= 4 is 22.7 Å². The van der Waals surface area contributed by atoms with E-state index in [9.17, 15) is 0 Å². The molecule has 2 heterocycles. The highest BCUT2D eigenvalue weighted by molar-refractivity contribution is 6.33. The molecule has 56 valence electrons. The van der Waals surface area contributed by atoms with E-state index in [1.807, 2.05) is 6.92 Å². The summed E-state index contributed by atoms with van der Waals surface area (Å²) in [5, 5.41) is 10.9. The van der Waals surface area contributed by atoms with E-state index in [2.05, 4.69) is 15.4 Å². The maximum atomic E-state index is 5.66. The molecule has 0 unspecified atom stereocenters. The summed E-state index contributed by atoms with van der Waals surface area (Å²) in [6.07, 6.45) is 0. The van der Waals surface area contributed by atoms with Crippen LogP contribution in [0.25, 0.3) is 11.1 Å². The monoisotopic (exact) mass is 169 g/mol. The van der Waals surface area contributed by atoms with E-state index in [1.165, 1.54) is 0 Å². The van der Waals surface area contributed by atoms with Gasteiger partial charge in [-0.05, 0) is 12.1 Å². The van der Waals surface area contributed by atoms with Crippen LogP contribution in [0.1, 0.15) is 5.76 Å². The van der Waals surface area contributed by atoms with Gasteiger partial charge in [-0.25, -0.2) is 0 Å². The van der Waals surface area contributed by atoms with E-state index in [4.69, 9.17) is 16.0 Å². The van der Waals surface area contributed by atoms with Crippen LogP contribution in [0.15, 0.2) is 10.5 Å². The van der Waals surface area contributed by atoms with Crippen molar-refractivity contribution in [3.8, 4) is 0 Å². The average Bonchev–Trinajstić information content (AvgIpc) is 2.31. The predicted molar refractivity (Wildman–Crippen MR) is 39.3 cm³/mol.